The molecule has 0 aliphatic carbocycles. The standard InChI is InChI=1S/C27H30N2O5.C26H29N3O5/c1-18-23(26(31)33-15-7-11-20-9-4-3-5-10-20)25(21-12-6-13-22(28)17-21)24(19(2)29-18)27(32)34-16-8-14-30;1-17-22(25(31)33-14-4-6-19-9-11-28-12-10-19)24(20-7-3-8-21(27)16-20)23(18(2)29-17)26(32)34-15-5-13-30/h3-7,9-13,17,25,29-30H,8,14-16,28H2,1-2H3;3-4,6-12,16,24,29-30H,5,13-15,27H2,1-2H3/b11-7+;6-4+. The molecule has 0 bridgehead atoms. The first-order chi connectivity index (χ1) is 32.8. The topological polar surface area (TPSA) is 235 Å². The molecule has 8 N–H and O–H groups in total. The van der Waals surface area contributed by atoms with Gasteiger partial charge in [0.15, 0.2) is 0 Å². The van der Waals surface area contributed by atoms with Crippen molar-refractivity contribution in [1.82, 2.24) is 15.6 Å². The van der Waals surface area contributed by atoms with Crippen LogP contribution in [-0.2, 0) is 38.1 Å². The number of nitrogens with zero attached hydrogens (tertiary/aromatic N) is 1. The summed E-state index contributed by atoms with van der Waals surface area (Å²) in [4.78, 5) is 56.5. The molecule has 4 aromatic rings. The van der Waals surface area contributed by atoms with Gasteiger partial charge < -0.3 is 51.3 Å². The SMILES string of the molecule is CC1=C(C(=O)OC/C=C/c2ccccc2)C(c2cccc(N)c2)C(C(=O)OCCCO)=C(C)N1.CC1=C(C(=O)OC/C=C/c2ccncc2)C(c2cccc(N)c2)C(C(=O)OCCCO)=C(C)N1. The fourth-order valence-electron chi connectivity index (χ4n) is 7.64. The number of nitrogens with two attached hydrogens (primary N) is 2. The van der Waals surface area contributed by atoms with E-state index in [1.165, 1.54) is 0 Å². The van der Waals surface area contributed by atoms with Crippen molar-refractivity contribution in [3.63, 3.8) is 0 Å². The maximum absolute atomic E-state index is 13.2. The number of hydrogen-bond donors (Lipinski definition) is 6. The van der Waals surface area contributed by atoms with Crippen LogP contribution in [0.4, 0.5) is 11.4 Å². The Kier molecular flexibility index (Phi) is 19.5. The zero-order valence-corrected chi connectivity index (χ0v) is 38.7. The molecule has 0 spiro atoms. The van der Waals surface area contributed by atoms with Gasteiger partial charge in [0.1, 0.15) is 13.2 Å². The summed E-state index contributed by atoms with van der Waals surface area (Å²) in [6.07, 6.45) is 11.2. The lowest BCUT2D eigenvalue weighted by Crippen LogP contribution is -2.32. The molecule has 3 heterocycles. The number of benzene rings is 3. The Morgan fingerprint density at radius 1 is 0.544 bits per heavy atom. The molecule has 3 aromatic carbocycles. The van der Waals surface area contributed by atoms with Gasteiger partial charge in [-0.2, -0.15) is 0 Å². The number of aromatic nitrogens is 1. The number of esters is 4. The Balaban J connectivity index is 0.000000254. The highest BCUT2D eigenvalue weighted by molar-refractivity contribution is 6.01. The first-order valence-corrected chi connectivity index (χ1v) is 22.1. The zero-order valence-electron chi connectivity index (χ0n) is 38.7. The molecule has 68 heavy (non-hydrogen) atoms. The highest BCUT2D eigenvalue weighted by Gasteiger charge is 2.39. The van der Waals surface area contributed by atoms with Crippen LogP contribution in [0.1, 0.15) is 74.6 Å². The summed E-state index contributed by atoms with van der Waals surface area (Å²) >= 11 is 0. The van der Waals surface area contributed by atoms with Crippen LogP contribution in [0.5, 0.6) is 0 Å². The van der Waals surface area contributed by atoms with Crippen LogP contribution in [0, 0.1) is 0 Å². The molecule has 2 aliphatic heterocycles. The van der Waals surface area contributed by atoms with E-state index in [-0.39, 0.29) is 39.6 Å². The predicted octanol–water partition coefficient (Wildman–Crippen LogP) is 6.77. The third-order valence-electron chi connectivity index (χ3n) is 10.7. The minimum absolute atomic E-state index is 0.0561. The number of dihydropyridines is 2. The number of ether oxygens (including phenoxy) is 4. The summed E-state index contributed by atoms with van der Waals surface area (Å²) in [6.45, 7) is 7.14. The minimum Gasteiger partial charge on any atom is -0.462 e. The summed E-state index contributed by atoms with van der Waals surface area (Å²) in [7, 11) is 0. The van der Waals surface area contributed by atoms with Crippen LogP contribution >= 0.6 is 0 Å². The van der Waals surface area contributed by atoms with E-state index in [1.807, 2.05) is 66.7 Å². The number of anilines is 2. The van der Waals surface area contributed by atoms with Gasteiger partial charge in [0.05, 0.1) is 47.3 Å². The summed E-state index contributed by atoms with van der Waals surface area (Å²) in [5.41, 5.74) is 19.9. The van der Waals surface area contributed by atoms with Gasteiger partial charge in [0.25, 0.3) is 0 Å². The Hall–Kier alpha value is -7.75. The van der Waals surface area contributed by atoms with Gasteiger partial charge in [-0.15, -0.1) is 0 Å². The van der Waals surface area contributed by atoms with E-state index < -0.39 is 35.7 Å². The third-order valence-corrected chi connectivity index (χ3v) is 10.7. The number of aliphatic hydroxyl groups excluding tert-OH is 2. The van der Waals surface area contributed by atoms with E-state index in [0.717, 1.165) is 11.1 Å². The molecule has 15 nitrogen and oxygen atoms in total. The largest absolute Gasteiger partial charge is 0.462 e. The predicted molar refractivity (Wildman–Crippen MR) is 260 cm³/mol. The van der Waals surface area contributed by atoms with Crippen LogP contribution in [0.2, 0.25) is 0 Å². The lowest BCUT2D eigenvalue weighted by Gasteiger charge is -2.30. The van der Waals surface area contributed by atoms with Crippen LogP contribution in [0.15, 0.2) is 161 Å². The summed E-state index contributed by atoms with van der Waals surface area (Å²) in [5.74, 6) is -3.65. The molecular formula is C53H59N5O10. The molecule has 2 atom stereocenters. The van der Waals surface area contributed by atoms with Crippen LogP contribution in [0.25, 0.3) is 12.2 Å². The van der Waals surface area contributed by atoms with Crippen molar-refractivity contribution in [2.45, 2.75) is 52.4 Å². The number of carbonyl (C=O) groups is 4. The second-order valence-corrected chi connectivity index (χ2v) is 15.7. The van der Waals surface area contributed by atoms with Crippen LogP contribution < -0.4 is 22.1 Å². The molecule has 0 amide bonds. The number of rotatable bonds is 18. The Morgan fingerprint density at radius 3 is 1.31 bits per heavy atom. The average molecular weight is 926 g/mol. The normalized spacial score (nSPS) is 15.9. The zero-order chi connectivity index (χ0) is 49.0. The van der Waals surface area contributed by atoms with E-state index in [2.05, 4.69) is 15.6 Å². The van der Waals surface area contributed by atoms with Crippen molar-refractivity contribution in [3.05, 3.63) is 183 Å². The second kappa shape index (κ2) is 25.8. The van der Waals surface area contributed by atoms with E-state index in [4.69, 9.17) is 40.6 Å². The molecule has 6 rings (SSSR count). The van der Waals surface area contributed by atoms with E-state index >= 15 is 0 Å². The van der Waals surface area contributed by atoms with Crippen LogP contribution in [0.3, 0.4) is 0 Å². The number of pyridine rings is 1. The Morgan fingerprint density at radius 2 is 0.926 bits per heavy atom. The van der Waals surface area contributed by atoms with Gasteiger partial charge in [-0.05, 0) is 98.5 Å². The molecule has 0 fully saturated rings. The quantitative estimate of drug-likeness (QED) is 0.0262. The van der Waals surface area contributed by atoms with Gasteiger partial charge in [0.2, 0.25) is 0 Å². The average Bonchev–Trinajstić information content (AvgIpc) is 3.32. The lowest BCUT2D eigenvalue weighted by atomic mass is 9.80. The molecule has 356 valence electrons. The fraction of sp³-hybridized carbons (Fsp3) is 0.264. The van der Waals surface area contributed by atoms with E-state index in [0.29, 0.717) is 80.4 Å². The van der Waals surface area contributed by atoms with E-state index in [1.54, 1.807) is 88.6 Å². The molecule has 0 saturated carbocycles. The number of aliphatic hydroxyl groups is 2. The lowest BCUT2D eigenvalue weighted by molar-refractivity contribution is -0.141. The summed E-state index contributed by atoms with van der Waals surface area (Å²) in [5, 5.41) is 24.3. The molecular weight excluding hydrogens is 867 g/mol. The number of carbonyl (C=O) groups excluding carboxylic acids is 4. The number of allylic oxidation sites excluding steroid dienone is 4. The van der Waals surface area contributed by atoms with Gasteiger partial charge in [-0.3, -0.25) is 4.98 Å². The minimum atomic E-state index is -0.719. The maximum Gasteiger partial charge on any atom is 0.337 e. The number of nitrogen functional groups attached to an aromatic ring is 2. The highest BCUT2D eigenvalue weighted by Crippen LogP contribution is 2.41. The summed E-state index contributed by atoms with van der Waals surface area (Å²) < 4.78 is 21.8. The molecule has 0 radical (unpaired) electrons. The van der Waals surface area contributed by atoms with Gasteiger partial charge >= 0.3 is 23.9 Å². The Bertz CT molecular complexity index is 2420. The maximum atomic E-state index is 13.2. The first-order valence-electron chi connectivity index (χ1n) is 22.1. The monoisotopic (exact) mass is 925 g/mol. The molecule has 1 aromatic heterocycles. The summed E-state index contributed by atoms with van der Waals surface area (Å²) in [6, 6.07) is 27.5. The third kappa shape index (κ3) is 14.1. The highest BCUT2D eigenvalue weighted by atomic mass is 16.5. The van der Waals surface area contributed by atoms with Crippen molar-refractivity contribution < 1.29 is 48.3 Å². The van der Waals surface area contributed by atoms with Crippen LogP contribution in [-0.4, -0.2) is 78.7 Å². The van der Waals surface area contributed by atoms with Crippen molar-refractivity contribution in [2.75, 3.05) is 51.1 Å². The molecule has 0 saturated heterocycles. The second-order valence-electron chi connectivity index (χ2n) is 15.7. The van der Waals surface area contributed by atoms with Crippen molar-refractivity contribution >= 4 is 47.4 Å². The first kappa shape index (κ1) is 51.2. The molecule has 2 aliphatic rings. The van der Waals surface area contributed by atoms with Gasteiger partial charge in [0, 0.05) is 72.6 Å². The number of nitrogens with one attached hydrogen (secondary N) is 2. The van der Waals surface area contributed by atoms with Crippen molar-refractivity contribution in [3.8, 4) is 0 Å². The Labute approximate surface area is 396 Å². The van der Waals surface area contributed by atoms with E-state index in [9.17, 15) is 19.2 Å². The fourth-order valence-corrected chi connectivity index (χ4v) is 7.64. The van der Waals surface area contributed by atoms with Gasteiger partial charge in [-0.25, -0.2) is 19.2 Å². The molecule has 2 unspecified atom stereocenters. The molecule has 15 heteroatoms. The van der Waals surface area contributed by atoms with Crippen molar-refractivity contribution in [2.24, 2.45) is 0 Å². The van der Waals surface area contributed by atoms with Crippen molar-refractivity contribution in [1.29, 1.82) is 0 Å². The van der Waals surface area contributed by atoms with Gasteiger partial charge in [-0.1, -0.05) is 66.7 Å². The number of hydrogen-bond acceptors (Lipinski definition) is 15. The smallest absolute Gasteiger partial charge is 0.337 e.